The normalized spacial score (nSPS) is 12.4. The molecule has 0 fully saturated rings. The van der Waals surface area contributed by atoms with Crippen LogP contribution in [0.5, 0.6) is 5.75 Å². The van der Waals surface area contributed by atoms with Crippen molar-refractivity contribution in [2.24, 2.45) is 0 Å². The van der Waals surface area contributed by atoms with Crippen molar-refractivity contribution in [2.45, 2.75) is 31.2 Å². The summed E-state index contributed by atoms with van der Waals surface area (Å²) < 4.78 is 32.0. The van der Waals surface area contributed by atoms with Crippen molar-refractivity contribution in [1.29, 1.82) is 0 Å². The number of carbonyl (C=O) groups excluding carboxylic acids is 1. The highest BCUT2D eigenvalue weighted by Crippen LogP contribution is 2.17. The molecule has 0 saturated heterocycles. The number of ether oxygens (including phenoxy) is 1. The average Bonchev–Trinajstić information content (AvgIpc) is 2.63. The summed E-state index contributed by atoms with van der Waals surface area (Å²) in [6.07, 6.45) is 0.0629. The van der Waals surface area contributed by atoms with E-state index in [9.17, 15) is 13.2 Å². The maximum Gasteiger partial charge on any atom is 0.240 e. The number of carbonyl (C=O) groups is 1. The Kier molecular flexibility index (Phi) is 7.17. The number of rotatable bonds is 9. The van der Waals surface area contributed by atoms with Crippen molar-refractivity contribution < 1.29 is 17.9 Å². The molecule has 140 valence electrons. The summed E-state index contributed by atoms with van der Waals surface area (Å²) in [5.41, 5.74) is 0.951. The van der Waals surface area contributed by atoms with Crippen molar-refractivity contribution >= 4 is 15.9 Å². The lowest BCUT2D eigenvalue weighted by Crippen LogP contribution is -2.32. The van der Waals surface area contributed by atoms with Crippen molar-refractivity contribution in [3.8, 4) is 5.75 Å². The molecular formula is C19H24N2O4S. The van der Waals surface area contributed by atoms with Crippen molar-refractivity contribution in [2.75, 3.05) is 13.2 Å². The molecule has 7 heteroatoms. The number of hydrogen-bond acceptors (Lipinski definition) is 4. The smallest absolute Gasteiger partial charge is 0.240 e. The molecule has 2 N–H and O–H groups in total. The van der Waals surface area contributed by atoms with E-state index < -0.39 is 10.0 Å². The van der Waals surface area contributed by atoms with E-state index in [1.54, 1.807) is 18.2 Å². The fraction of sp³-hybridized carbons (Fsp3) is 0.316. The first-order chi connectivity index (χ1) is 12.4. The van der Waals surface area contributed by atoms with Crippen LogP contribution >= 0.6 is 0 Å². The van der Waals surface area contributed by atoms with Crippen LogP contribution in [-0.4, -0.2) is 27.5 Å². The van der Waals surface area contributed by atoms with Crippen LogP contribution in [0.1, 0.15) is 31.9 Å². The maximum absolute atomic E-state index is 12.1. The molecule has 1 unspecified atom stereocenters. The summed E-state index contributed by atoms with van der Waals surface area (Å²) in [5, 5.41) is 2.86. The molecule has 0 bridgehead atoms. The van der Waals surface area contributed by atoms with E-state index in [4.69, 9.17) is 4.74 Å². The van der Waals surface area contributed by atoms with Gasteiger partial charge in [-0.3, -0.25) is 4.79 Å². The topological polar surface area (TPSA) is 84.5 Å². The molecule has 1 atom stereocenters. The largest absolute Gasteiger partial charge is 0.494 e. The first-order valence-electron chi connectivity index (χ1n) is 8.49. The molecular weight excluding hydrogens is 352 g/mol. The minimum Gasteiger partial charge on any atom is -0.494 e. The molecule has 2 aromatic carbocycles. The molecule has 2 aromatic rings. The Labute approximate surface area is 154 Å². The zero-order valence-electron chi connectivity index (χ0n) is 14.9. The molecule has 0 aliphatic carbocycles. The van der Waals surface area contributed by atoms with E-state index in [0.29, 0.717) is 6.61 Å². The fourth-order valence-electron chi connectivity index (χ4n) is 2.40. The Balaban J connectivity index is 1.81. The summed E-state index contributed by atoms with van der Waals surface area (Å²) >= 11 is 0. The molecule has 0 heterocycles. The number of sulfonamides is 1. The van der Waals surface area contributed by atoms with Crippen LogP contribution in [0.4, 0.5) is 0 Å². The van der Waals surface area contributed by atoms with Crippen LogP contribution in [0.25, 0.3) is 0 Å². The van der Waals surface area contributed by atoms with Gasteiger partial charge in [-0.1, -0.05) is 30.3 Å². The molecule has 0 spiro atoms. The summed E-state index contributed by atoms with van der Waals surface area (Å²) in [6, 6.07) is 15.4. The van der Waals surface area contributed by atoms with Gasteiger partial charge in [0.05, 0.1) is 17.5 Å². The van der Waals surface area contributed by atoms with E-state index in [1.807, 2.05) is 38.1 Å². The molecule has 0 aromatic heterocycles. The second kappa shape index (κ2) is 9.35. The molecule has 0 aliphatic heterocycles. The predicted molar refractivity (Wildman–Crippen MR) is 100 cm³/mol. The van der Waals surface area contributed by atoms with E-state index in [1.165, 1.54) is 12.1 Å². The van der Waals surface area contributed by atoms with Gasteiger partial charge in [0.15, 0.2) is 0 Å². The molecule has 26 heavy (non-hydrogen) atoms. The first kappa shape index (κ1) is 19.9. The Bertz CT molecular complexity index is 805. The highest BCUT2D eigenvalue weighted by Gasteiger charge is 2.14. The second-order valence-electron chi connectivity index (χ2n) is 5.75. The van der Waals surface area contributed by atoms with Crippen LogP contribution in [0.3, 0.4) is 0 Å². The third-order valence-electron chi connectivity index (χ3n) is 3.77. The standard InChI is InChI=1S/C19H24N2O4S/c1-3-25-17-11-9-16(10-12-17)15(2)21-19(22)13-14-20-26(23,24)18-7-5-4-6-8-18/h4-12,15,20H,3,13-14H2,1-2H3,(H,21,22). The number of amides is 1. The Morgan fingerprint density at radius 2 is 1.73 bits per heavy atom. The van der Waals surface area contributed by atoms with Gasteiger partial charge in [-0.05, 0) is 43.7 Å². The number of hydrogen-bond donors (Lipinski definition) is 2. The van der Waals surface area contributed by atoms with Gasteiger partial charge in [0.1, 0.15) is 5.75 Å². The van der Waals surface area contributed by atoms with Gasteiger partial charge < -0.3 is 10.1 Å². The first-order valence-corrected chi connectivity index (χ1v) is 9.97. The third-order valence-corrected chi connectivity index (χ3v) is 5.24. The van der Waals surface area contributed by atoms with Gasteiger partial charge in [-0.25, -0.2) is 13.1 Å². The van der Waals surface area contributed by atoms with E-state index in [-0.39, 0.29) is 29.8 Å². The van der Waals surface area contributed by atoms with Crippen LogP contribution in [0, 0.1) is 0 Å². The van der Waals surface area contributed by atoms with Gasteiger partial charge >= 0.3 is 0 Å². The molecule has 2 rings (SSSR count). The highest BCUT2D eigenvalue weighted by molar-refractivity contribution is 7.89. The Hall–Kier alpha value is -2.38. The van der Waals surface area contributed by atoms with Gasteiger partial charge in [-0.2, -0.15) is 0 Å². The van der Waals surface area contributed by atoms with Gasteiger partial charge in [0, 0.05) is 13.0 Å². The van der Waals surface area contributed by atoms with E-state index >= 15 is 0 Å². The van der Waals surface area contributed by atoms with Crippen molar-refractivity contribution in [1.82, 2.24) is 10.0 Å². The number of benzene rings is 2. The molecule has 0 radical (unpaired) electrons. The average molecular weight is 376 g/mol. The summed E-state index contributed by atoms with van der Waals surface area (Å²) in [7, 11) is -3.59. The Morgan fingerprint density at radius 1 is 1.08 bits per heavy atom. The predicted octanol–water partition coefficient (Wildman–Crippen LogP) is 2.63. The Morgan fingerprint density at radius 3 is 2.35 bits per heavy atom. The lowest BCUT2D eigenvalue weighted by atomic mass is 10.1. The maximum atomic E-state index is 12.1. The summed E-state index contributed by atoms with van der Waals surface area (Å²) in [5.74, 6) is 0.562. The monoisotopic (exact) mass is 376 g/mol. The molecule has 6 nitrogen and oxygen atoms in total. The molecule has 0 aliphatic rings. The van der Waals surface area contributed by atoms with Crippen LogP contribution in [0.2, 0.25) is 0 Å². The SMILES string of the molecule is CCOc1ccc(C(C)NC(=O)CCNS(=O)(=O)c2ccccc2)cc1. The van der Waals surface area contributed by atoms with E-state index in [0.717, 1.165) is 11.3 Å². The third kappa shape index (κ3) is 5.86. The van der Waals surface area contributed by atoms with Crippen molar-refractivity contribution in [3.63, 3.8) is 0 Å². The minimum atomic E-state index is -3.59. The fourth-order valence-corrected chi connectivity index (χ4v) is 3.45. The highest BCUT2D eigenvalue weighted by atomic mass is 32.2. The lowest BCUT2D eigenvalue weighted by Gasteiger charge is -2.15. The zero-order valence-corrected chi connectivity index (χ0v) is 15.8. The van der Waals surface area contributed by atoms with Gasteiger partial charge in [0.2, 0.25) is 15.9 Å². The second-order valence-corrected chi connectivity index (χ2v) is 7.52. The minimum absolute atomic E-state index is 0.0407. The molecule has 0 saturated carbocycles. The van der Waals surface area contributed by atoms with E-state index in [2.05, 4.69) is 10.0 Å². The van der Waals surface area contributed by atoms with Gasteiger partial charge in [-0.15, -0.1) is 0 Å². The quantitative estimate of drug-likeness (QED) is 0.705. The van der Waals surface area contributed by atoms with Crippen molar-refractivity contribution in [3.05, 3.63) is 60.2 Å². The summed E-state index contributed by atoms with van der Waals surface area (Å²) in [6.45, 7) is 4.44. The lowest BCUT2D eigenvalue weighted by molar-refractivity contribution is -0.121. The van der Waals surface area contributed by atoms with Crippen LogP contribution in [-0.2, 0) is 14.8 Å². The molecule has 1 amide bonds. The zero-order chi connectivity index (χ0) is 19.0. The van der Waals surface area contributed by atoms with Crippen LogP contribution in [0.15, 0.2) is 59.5 Å². The van der Waals surface area contributed by atoms with Gasteiger partial charge in [0.25, 0.3) is 0 Å². The van der Waals surface area contributed by atoms with Crippen LogP contribution < -0.4 is 14.8 Å². The number of nitrogens with one attached hydrogen (secondary N) is 2. The summed E-state index contributed by atoms with van der Waals surface area (Å²) in [4.78, 5) is 12.2.